The molecule has 5 heteroatoms. The maximum absolute atomic E-state index is 11.3. The standard InChI is InChI=1S/C10H8ClNO2S/c1-14-10(13)8-4-5-7(12)3-2-6(11)9(5)15-8/h2-4H,12H2,1H3. The van der Waals surface area contributed by atoms with Gasteiger partial charge in [-0.3, -0.25) is 0 Å². The van der Waals surface area contributed by atoms with Gasteiger partial charge in [-0.05, 0) is 18.2 Å². The van der Waals surface area contributed by atoms with E-state index >= 15 is 0 Å². The Balaban J connectivity index is 2.70. The van der Waals surface area contributed by atoms with Crippen LogP contribution in [0.5, 0.6) is 0 Å². The molecule has 1 aromatic heterocycles. The fourth-order valence-corrected chi connectivity index (χ4v) is 2.61. The Bertz CT molecular complexity index is 496. The number of nitrogens with two attached hydrogens (primary N) is 1. The monoisotopic (exact) mass is 241 g/mol. The van der Waals surface area contributed by atoms with E-state index in [2.05, 4.69) is 4.74 Å². The van der Waals surface area contributed by atoms with Crippen LogP contribution in [0.25, 0.3) is 10.1 Å². The molecule has 0 aliphatic carbocycles. The molecule has 1 aromatic carbocycles. The van der Waals surface area contributed by atoms with E-state index in [1.165, 1.54) is 18.4 Å². The molecule has 2 rings (SSSR count). The number of fused-ring (bicyclic) bond motifs is 1. The van der Waals surface area contributed by atoms with Gasteiger partial charge < -0.3 is 10.5 Å². The van der Waals surface area contributed by atoms with E-state index in [1.54, 1.807) is 18.2 Å². The zero-order valence-corrected chi connectivity index (χ0v) is 9.48. The number of carbonyl (C=O) groups excluding carboxylic acids is 1. The zero-order valence-electron chi connectivity index (χ0n) is 7.91. The van der Waals surface area contributed by atoms with E-state index in [4.69, 9.17) is 17.3 Å². The summed E-state index contributed by atoms with van der Waals surface area (Å²) in [5.41, 5.74) is 6.39. The minimum absolute atomic E-state index is 0.369. The first-order valence-electron chi connectivity index (χ1n) is 4.19. The third-order valence-electron chi connectivity index (χ3n) is 2.06. The fraction of sp³-hybridized carbons (Fsp3) is 0.100. The first kappa shape index (κ1) is 10.3. The zero-order chi connectivity index (χ0) is 11.0. The van der Waals surface area contributed by atoms with Crippen molar-refractivity contribution in [2.75, 3.05) is 12.8 Å². The van der Waals surface area contributed by atoms with Crippen LogP contribution < -0.4 is 5.73 Å². The number of halogens is 1. The van der Waals surface area contributed by atoms with Gasteiger partial charge in [0.2, 0.25) is 0 Å². The molecular weight excluding hydrogens is 234 g/mol. The van der Waals surface area contributed by atoms with Crippen LogP contribution in [-0.4, -0.2) is 13.1 Å². The van der Waals surface area contributed by atoms with Gasteiger partial charge in [0.05, 0.1) is 16.8 Å². The SMILES string of the molecule is COC(=O)c1cc2c(N)ccc(Cl)c2s1. The largest absolute Gasteiger partial charge is 0.465 e. The Morgan fingerprint density at radius 3 is 2.87 bits per heavy atom. The van der Waals surface area contributed by atoms with E-state index in [-0.39, 0.29) is 5.97 Å². The normalized spacial score (nSPS) is 10.5. The van der Waals surface area contributed by atoms with Crippen LogP contribution in [0.3, 0.4) is 0 Å². The molecule has 3 nitrogen and oxygen atoms in total. The summed E-state index contributed by atoms with van der Waals surface area (Å²) in [7, 11) is 1.34. The molecule has 0 saturated heterocycles. The van der Waals surface area contributed by atoms with Crippen LogP contribution in [0, 0.1) is 0 Å². The molecule has 0 spiro atoms. The minimum Gasteiger partial charge on any atom is -0.465 e. The summed E-state index contributed by atoms with van der Waals surface area (Å²) >= 11 is 7.28. The van der Waals surface area contributed by atoms with Gasteiger partial charge >= 0.3 is 5.97 Å². The van der Waals surface area contributed by atoms with Crippen LogP contribution in [-0.2, 0) is 4.74 Å². The second-order valence-corrected chi connectivity index (χ2v) is 4.44. The lowest BCUT2D eigenvalue weighted by Crippen LogP contribution is -1.96. The van der Waals surface area contributed by atoms with Crippen molar-refractivity contribution in [2.45, 2.75) is 0 Å². The van der Waals surface area contributed by atoms with Crippen LogP contribution in [0.4, 0.5) is 5.69 Å². The van der Waals surface area contributed by atoms with Crippen LogP contribution in [0.15, 0.2) is 18.2 Å². The summed E-state index contributed by atoms with van der Waals surface area (Å²) in [5, 5.41) is 1.40. The Hall–Kier alpha value is -1.26. The van der Waals surface area contributed by atoms with E-state index in [1.807, 2.05) is 0 Å². The molecule has 0 unspecified atom stereocenters. The molecule has 1 heterocycles. The Morgan fingerprint density at radius 2 is 2.27 bits per heavy atom. The highest BCUT2D eigenvalue weighted by Crippen LogP contribution is 2.35. The van der Waals surface area contributed by atoms with Crippen molar-refractivity contribution in [3.8, 4) is 0 Å². The van der Waals surface area contributed by atoms with Gasteiger partial charge in [-0.25, -0.2) is 4.79 Å². The minimum atomic E-state index is -0.369. The van der Waals surface area contributed by atoms with Crippen molar-refractivity contribution < 1.29 is 9.53 Å². The molecule has 0 aliphatic heterocycles. The third kappa shape index (κ3) is 1.66. The summed E-state index contributed by atoms with van der Waals surface area (Å²) in [6, 6.07) is 5.14. The predicted molar refractivity (Wildman–Crippen MR) is 62.6 cm³/mol. The number of hydrogen-bond donors (Lipinski definition) is 1. The summed E-state index contributed by atoms with van der Waals surface area (Å²) in [5.74, 6) is -0.369. The molecule has 2 N–H and O–H groups in total. The number of methoxy groups -OCH3 is 1. The number of anilines is 1. The van der Waals surface area contributed by atoms with Gasteiger partial charge in [-0.2, -0.15) is 0 Å². The average Bonchev–Trinajstić information content (AvgIpc) is 2.68. The van der Waals surface area contributed by atoms with Crippen molar-refractivity contribution in [2.24, 2.45) is 0 Å². The van der Waals surface area contributed by atoms with Crippen molar-refractivity contribution >= 4 is 44.7 Å². The first-order valence-corrected chi connectivity index (χ1v) is 5.38. The number of rotatable bonds is 1. The lowest BCUT2D eigenvalue weighted by Gasteiger charge is -1.96. The van der Waals surface area contributed by atoms with Gasteiger partial charge in [0.25, 0.3) is 0 Å². The number of benzene rings is 1. The highest BCUT2D eigenvalue weighted by Gasteiger charge is 2.13. The van der Waals surface area contributed by atoms with Gasteiger partial charge in [0, 0.05) is 11.1 Å². The molecule has 0 bridgehead atoms. The topological polar surface area (TPSA) is 52.3 Å². The van der Waals surface area contributed by atoms with Crippen LogP contribution in [0.1, 0.15) is 9.67 Å². The Labute approximate surface area is 95.4 Å². The Morgan fingerprint density at radius 1 is 1.53 bits per heavy atom. The second-order valence-electron chi connectivity index (χ2n) is 2.98. The highest BCUT2D eigenvalue weighted by atomic mass is 35.5. The second kappa shape index (κ2) is 3.72. The number of hydrogen-bond acceptors (Lipinski definition) is 4. The van der Waals surface area contributed by atoms with E-state index < -0.39 is 0 Å². The van der Waals surface area contributed by atoms with Crippen LogP contribution in [0.2, 0.25) is 5.02 Å². The molecule has 2 aromatic rings. The van der Waals surface area contributed by atoms with Gasteiger partial charge in [-0.1, -0.05) is 11.6 Å². The maximum Gasteiger partial charge on any atom is 0.348 e. The predicted octanol–water partition coefficient (Wildman–Crippen LogP) is 2.92. The molecule has 0 fully saturated rings. The number of nitrogen functional groups attached to an aromatic ring is 1. The summed E-state index contributed by atoms with van der Waals surface area (Å²) in [6.45, 7) is 0. The first-order chi connectivity index (χ1) is 7.13. The van der Waals surface area contributed by atoms with E-state index in [0.29, 0.717) is 15.6 Å². The highest BCUT2D eigenvalue weighted by molar-refractivity contribution is 7.21. The molecule has 0 atom stereocenters. The maximum atomic E-state index is 11.3. The average molecular weight is 242 g/mol. The van der Waals surface area contributed by atoms with Crippen molar-refractivity contribution in [3.63, 3.8) is 0 Å². The molecule has 0 amide bonds. The molecule has 0 aliphatic rings. The summed E-state index contributed by atoms with van der Waals surface area (Å²) in [6.07, 6.45) is 0. The lowest BCUT2D eigenvalue weighted by molar-refractivity contribution is 0.0606. The quantitative estimate of drug-likeness (QED) is 0.617. The number of thiophene rings is 1. The molecular formula is C10H8ClNO2S. The smallest absolute Gasteiger partial charge is 0.348 e. The Kier molecular flexibility index (Phi) is 2.54. The third-order valence-corrected chi connectivity index (χ3v) is 3.63. The lowest BCUT2D eigenvalue weighted by atomic mass is 10.2. The molecule has 15 heavy (non-hydrogen) atoms. The van der Waals surface area contributed by atoms with Gasteiger partial charge in [0.15, 0.2) is 0 Å². The molecule has 0 radical (unpaired) electrons. The number of esters is 1. The summed E-state index contributed by atoms with van der Waals surface area (Å²) in [4.78, 5) is 11.8. The number of carbonyl (C=O) groups is 1. The number of ether oxygens (including phenoxy) is 1. The summed E-state index contributed by atoms with van der Waals surface area (Å²) < 4.78 is 5.45. The molecule has 0 saturated carbocycles. The molecule has 78 valence electrons. The van der Waals surface area contributed by atoms with Crippen molar-refractivity contribution in [1.82, 2.24) is 0 Å². The van der Waals surface area contributed by atoms with Gasteiger partial charge in [-0.15, -0.1) is 11.3 Å². The van der Waals surface area contributed by atoms with Crippen molar-refractivity contribution in [3.05, 3.63) is 28.1 Å². The van der Waals surface area contributed by atoms with Gasteiger partial charge in [0.1, 0.15) is 4.88 Å². The van der Waals surface area contributed by atoms with E-state index in [9.17, 15) is 4.79 Å². The fourth-order valence-electron chi connectivity index (χ4n) is 1.31. The van der Waals surface area contributed by atoms with E-state index in [0.717, 1.165) is 10.1 Å². The van der Waals surface area contributed by atoms with Crippen LogP contribution >= 0.6 is 22.9 Å². The van der Waals surface area contributed by atoms with Crippen molar-refractivity contribution in [1.29, 1.82) is 0 Å².